The Morgan fingerprint density at radius 3 is 2.60 bits per heavy atom. The van der Waals surface area contributed by atoms with E-state index < -0.39 is 0 Å². The Labute approximate surface area is 123 Å². The van der Waals surface area contributed by atoms with Crippen molar-refractivity contribution in [2.24, 2.45) is 5.73 Å². The molecular weight excluding hydrogens is 270 g/mol. The number of rotatable bonds is 6. The van der Waals surface area contributed by atoms with Crippen LogP contribution in [0.5, 0.6) is 5.75 Å². The Balaban J connectivity index is 1.84. The molecule has 0 saturated carbocycles. The van der Waals surface area contributed by atoms with Crippen LogP contribution in [0.1, 0.15) is 36.0 Å². The number of nitrogens with two attached hydrogens (primary N) is 1. The van der Waals surface area contributed by atoms with Gasteiger partial charge < -0.3 is 10.5 Å². The lowest BCUT2D eigenvalue weighted by molar-refractivity contribution is 0.321. The van der Waals surface area contributed by atoms with E-state index in [9.17, 15) is 0 Å². The van der Waals surface area contributed by atoms with Gasteiger partial charge in [0.1, 0.15) is 17.3 Å². The highest BCUT2D eigenvalue weighted by Crippen LogP contribution is 2.19. The van der Waals surface area contributed by atoms with Crippen molar-refractivity contribution in [3.05, 3.63) is 45.9 Å². The molecule has 3 N–H and O–H groups in total. The molecule has 0 fully saturated rings. The highest BCUT2D eigenvalue weighted by molar-refractivity contribution is 7.09. The summed E-state index contributed by atoms with van der Waals surface area (Å²) < 4.78 is 5.70. The number of amidine groups is 1. The number of benzene rings is 1. The molecule has 2 rings (SSSR count). The van der Waals surface area contributed by atoms with Gasteiger partial charge in [-0.15, -0.1) is 11.3 Å². The maximum atomic E-state index is 7.31. The molecule has 0 spiro atoms. The van der Waals surface area contributed by atoms with Crippen molar-refractivity contribution in [2.75, 3.05) is 6.61 Å². The van der Waals surface area contributed by atoms with Crippen molar-refractivity contribution in [1.29, 1.82) is 5.41 Å². The maximum Gasteiger partial charge on any atom is 0.142 e. The monoisotopic (exact) mass is 289 g/mol. The normalized spacial score (nSPS) is 10.8. The molecule has 20 heavy (non-hydrogen) atoms. The van der Waals surface area contributed by atoms with Gasteiger partial charge in [-0.2, -0.15) is 0 Å². The third kappa shape index (κ3) is 3.81. The van der Waals surface area contributed by atoms with Gasteiger partial charge in [0.05, 0.1) is 11.6 Å². The zero-order valence-electron chi connectivity index (χ0n) is 11.7. The molecule has 0 saturated heterocycles. The number of nitrogens with one attached hydrogen (secondary N) is 1. The van der Waals surface area contributed by atoms with Gasteiger partial charge in [-0.3, -0.25) is 5.41 Å². The van der Waals surface area contributed by atoms with Crippen molar-refractivity contribution >= 4 is 17.2 Å². The van der Waals surface area contributed by atoms with Gasteiger partial charge in [-0.1, -0.05) is 26.0 Å². The molecule has 5 heteroatoms. The van der Waals surface area contributed by atoms with Crippen LogP contribution in [0.4, 0.5) is 0 Å². The molecule has 0 aliphatic heterocycles. The van der Waals surface area contributed by atoms with Crippen LogP contribution in [-0.2, 0) is 6.42 Å². The van der Waals surface area contributed by atoms with Crippen molar-refractivity contribution < 1.29 is 4.74 Å². The van der Waals surface area contributed by atoms with E-state index in [0.29, 0.717) is 18.2 Å². The van der Waals surface area contributed by atoms with E-state index in [0.717, 1.165) is 17.2 Å². The minimum Gasteiger partial charge on any atom is -0.493 e. The molecule has 1 heterocycles. The summed E-state index contributed by atoms with van der Waals surface area (Å²) in [4.78, 5) is 4.27. The molecule has 1 aromatic carbocycles. The van der Waals surface area contributed by atoms with Gasteiger partial charge >= 0.3 is 0 Å². The zero-order chi connectivity index (χ0) is 14.5. The average Bonchev–Trinajstić information content (AvgIpc) is 2.88. The summed E-state index contributed by atoms with van der Waals surface area (Å²) in [6.45, 7) is 4.92. The molecule has 0 amide bonds. The first-order chi connectivity index (χ1) is 9.56. The molecule has 0 aliphatic carbocycles. The van der Waals surface area contributed by atoms with Crippen molar-refractivity contribution in [1.82, 2.24) is 4.98 Å². The van der Waals surface area contributed by atoms with Crippen molar-refractivity contribution in [3.8, 4) is 5.75 Å². The van der Waals surface area contributed by atoms with E-state index in [-0.39, 0.29) is 5.84 Å². The summed E-state index contributed by atoms with van der Waals surface area (Å²) in [7, 11) is 0. The van der Waals surface area contributed by atoms with Crippen LogP contribution in [0.25, 0.3) is 0 Å². The first kappa shape index (κ1) is 14.5. The van der Waals surface area contributed by atoms with Crippen LogP contribution in [0.2, 0.25) is 0 Å². The van der Waals surface area contributed by atoms with Gasteiger partial charge in [0.2, 0.25) is 0 Å². The third-order valence-corrected chi connectivity index (χ3v) is 3.87. The largest absolute Gasteiger partial charge is 0.493 e. The summed E-state index contributed by atoms with van der Waals surface area (Å²) in [5, 5.41) is 10.0. The van der Waals surface area contributed by atoms with Gasteiger partial charge in [-0.05, 0) is 23.6 Å². The Morgan fingerprint density at radius 1 is 1.35 bits per heavy atom. The summed E-state index contributed by atoms with van der Waals surface area (Å²) in [5.74, 6) is 1.42. The molecule has 1 aromatic heterocycles. The standard InChI is InChI=1S/C15H19N3OS/c1-10(2)11-3-5-12(6-4-11)19-8-7-14-18-13(9-20-14)15(16)17/h3-6,9-10H,7-8H2,1-2H3,(H3,16,17). The molecule has 2 aromatic rings. The lowest BCUT2D eigenvalue weighted by Gasteiger charge is -2.08. The molecule has 0 unspecified atom stereocenters. The smallest absolute Gasteiger partial charge is 0.142 e. The summed E-state index contributed by atoms with van der Waals surface area (Å²) >= 11 is 1.51. The number of hydrogen-bond acceptors (Lipinski definition) is 4. The first-order valence-corrected chi connectivity index (χ1v) is 7.46. The van der Waals surface area contributed by atoms with E-state index >= 15 is 0 Å². The highest BCUT2D eigenvalue weighted by Gasteiger charge is 2.05. The van der Waals surface area contributed by atoms with E-state index in [1.807, 2.05) is 12.1 Å². The molecule has 0 atom stereocenters. The fourth-order valence-corrected chi connectivity index (χ4v) is 2.53. The molecule has 4 nitrogen and oxygen atoms in total. The number of nitrogens with zero attached hydrogens (tertiary/aromatic N) is 1. The quantitative estimate of drug-likeness (QED) is 0.633. The van der Waals surface area contributed by atoms with Gasteiger partial charge in [0, 0.05) is 11.8 Å². The van der Waals surface area contributed by atoms with Gasteiger partial charge in [-0.25, -0.2) is 4.98 Å². The minimum absolute atomic E-state index is 0.0118. The van der Waals surface area contributed by atoms with Crippen LogP contribution < -0.4 is 10.5 Å². The van der Waals surface area contributed by atoms with Crippen LogP contribution >= 0.6 is 11.3 Å². The number of aromatic nitrogens is 1. The number of nitrogen functional groups attached to an aromatic ring is 1. The van der Waals surface area contributed by atoms with E-state index in [1.165, 1.54) is 16.9 Å². The molecule has 0 aliphatic rings. The Bertz CT molecular complexity index is 575. The van der Waals surface area contributed by atoms with Gasteiger partial charge in [0.15, 0.2) is 0 Å². The fourth-order valence-electron chi connectivity index (χ4n) is 1.75. The number of ether oxygens (including phenoxy) is 1. The van der Waals surface area contributed by atoms with Crippen LogP contribution in [0, 0.1) is 5.41 Å². The molecular formula is C15H19N3OS. The van der Waals surface area contributed by atoms with Gasteiger partial charge in [0.25, 0.3) is 0 Å². The predicted octanol–water partition coefficient (Wildman–Crippen LogP) is 3.17. The number of hydrogen-bond donors (Lipinski definition) is 2. The second-order valence-corrected chi connectivity index (χ2v) is 5.81. The topological polar surface area (TPSA) is 72.0 Å². The van der Waals surface area contributed by atoms with Crippen molar-refractivity contribution in [2.45, 2.75) is 26.2 Å². The summed E-state index contributed by atoms with van der Waals surface area (Å²) in [6, 6.07) is 8.19. The Hall–Kier alpha value is -1.88. The van der Waals surface area contributed by atoms with E-state index in [1.54, 1.807) is 5.38 Å². The van der Waals surface area contributed by atoms with Crippen LogP contribution in [-0.4, -0.2) is 17.4 Å². The van der Waals surface area contributed by atoms with Crippen molar-refractivity contribution in [3.63, 3.8) is 0 Å². The molecule has 0 radical (unpaired) electrons. The summed E-state index contributed by atoms with van der Waals surface area (Å²) in [5.41, 5.74) is 7.24. The summed E-state index contributed by atoms with van der Waals surface area (Å²) in [6.07, 6.45) is 0.726. The van der Waals surface area contributed by atoms with Crippen LogP contribution in [0.3, 0.4) is 0 Å². The zero-order valence-corrected chi connectivity index (χ0v) is 12.5. The Kier molecular flexibility index (Phi) is 4.74. The highest BCUT2D eigenvalue weighted by atomic mass is 32.1. The lowest BCUT2D eigenvalue weighted by atomic mass is 10.0. The second kappa shape index (κ2) is 6.52. The maximum absolute atomic E-state index is 7.31. The second-order valence-electron chi connectivity index (χ2n) is 4.86. The van der Waals surface area contributed by atoms with E-state index in [4.69, 9.17) is 15.9 Å². The average molecular weight is 289 g/mol. The third-order valence-electron chi connectivity index (χ3n) is 2.96. The predicted molar refractivity (Wildman–Crippen MR) is 82.9 cm³/mol. The minimum atomic E-state index is 0.0118. The molecule has 106 valence electrons. The van der Waals surface area contributed by atoms with Crippen LogP contribution in [0.15, 0.2) is 29.6 Å². The first-order valence-electron chi connectivity index (χ1n) is 6.58. The Morgan fingerprint density at radius 2 is 2.05 bits per heavy atom. The lowest BCUT2D eigenvalue weighted by Crippen LogP contribution is -2.11. The number of thiazole rings is 1. The SMILES string of the molecule is CC(C)c1ccc(OCCc2nc(C(=N)N)cs2)cc1. The molecule has 0 bridgehead atoms. The fraction of sp³-hybridized carbons (Fsp3) is 0.333. The van der Waals surface area contributed by atoms with E-state index in [2.05, 4.69) is 31.0 Å².